The summed E-state index contributed by atoms with van der Waals surface area (Å²) in [6.45, 7) is 1.95. The van der Waals surface area contributed by atoms with E-state index in [2.05, 4.69) is 9.98 Å². The second kappa shape index (κ2) is 7.23. The van der Waals surface area contributed by atoms with Crippen LogP contribution in [-0.2, 0) is 0 Å². The Morgan fingerprint density at radius 1 is 1.27 bits per heavy atom. The first-order valence-electron chi connectivity index (χ1n) is 7.51. The fourth-order valence-corrected chi connectivity index (χ4v) is 2.75. The second-order valence-corrected chi connectivity index (χ2v) is 6.32. The number of benzene rings is 2. The highest BCUT2D eigenvalue weighted by molar-refractivity contribution is 7.71. The Bertz CT molecular complexity index is 1120. The van der Waals surface area contributed by atoms with Crippen molar-refractivity contribution < 1.29 is 9.50 Å². The first-order valence-corrected chi connectivity index (χ1v) is 8.30. The molecule has 2 aromatic carbocycles. The molecule has 1 aromatic heterocycles. The summed E-state index contributed by atoms with van der Waals surface area (Å²) in [7, 11) is 0. The van der Waals surface area contributed by atoms with E-state index >= 15 is 0 Å². The van der Waals surface area contributed by atoms with Crippen LogP contribution in [0.5, 0.6) is 5.88 Å². The topological polar surface area (TPSA) is 70.4 Å². The Labute approximate surface area is 158 Å². The summed E-state index contributed by atoms with van der Waals surface area (Å²) in [6.07, 6.45) is 1.25. The standard InChI is InChI=1S/C18H13ClFN3O2S/c1-10-2-4-11(5-3-10)21-9-13-16(24)22-18(26)23(17(13)25)12-6-7-15(20)14(19)8-12/h2-9,25H,1H3,(H,22,24,26). The molecule has 132 valence electrons. The summed E-state index contributed by atoms with van der Waals surface area (Å²) in [6, 6.07) is 11.2. The van der Waals surface area contributed by atoms with Crippen LogP contribution >= 0.6 is 23.8 Å². The molecule has 0 saturated carbocycles. The molecule has 2 N–H and O–H groups in total. The highest BCUT2D eigenvalue weighted by Crippen LogP contribution is 2.23. The summed E-state index contributed by atoms with van der Waals surface area (Å²) in [5.41, 5.74) is 1.33. The fraction of sp³-hybridized carbons (Fsp3) is 0.0556. The number of aliphatic imine (C=N–C) groups is 1. The van der Waals surface area contributed by atoms with E-state index in [-0.39, 0.29) is 15.4 Å². The summed E-state index contributed by atoms with van der Waals surface area (Å²) in [4.78, 5) is 18.8. The van der Waals surface area contributed by atoms with Crippen molar-refractivity contribution in [3.63, 3.8) is 0 Å². The molecular weight excluding hydrogens is 377 g/mol. The molecule has 3 rings (SSSR count). The van der Waals surface area contributed by atoms with E-state index in [0.29, 0.717) is 11.4 Å². The normalized spacial score (nSPS) is 11.2. The van der Waals surface area contributed by atoms with Gasteiger partial charge in [0.1, 0.15) is 11.4 Å². The Hall–Kier alpha value is -2.77. The molecule has 0 amide bonds. The number of nitrogens with zero attached hydrogens (tertiary/aromatic N) is 2. The van der Waals surface area contributed by atoms with Crippen LogP contribution in [-0.4, -0.2) is 20.9 Å². The van der Waals surface area contributed by atoms with E-state index in [1.165, 1.54) is 22.9 Å². The van der Waals surface area contributed by atoms with Crippen LogP contribution in [0.25, 0.3) is 5.69 Å². The maximum Gasteiger partial charge on any atom is 0.264 e. The molecule has 0 spiro atoms. The van der Waals surface area contributed by atoms with Gasteiger partial charge in [-0.15, -0.1) is 0 Å². The van der Waals surface area contributed by atoms with Crippen molar-refractivity contribution in [2.45, 2.75) is 6.92 Å². The summed E-state index contributed by atoms with van der Waals surface area (Å²) < 4.78 is 14.5. The Morgan fingerprint density at radius 2 is 1.96 bits per heavy atom. The number of halogens is 2. The maximum atomic E-state index is 13.4. The quantitative estimate of drug-likeness (QED) is 0.513. The zero-order chi connectivity index (χ0) is 18.8. The summed E-state index contributed by atoms with van der Waals surface area (Å²) >= 11 is 10.9. The van der Waals surface area contributed by atoms with Crippen LogP contribution in [0.1, 0.15) is 11.1 Å². The fourth-order valence-electron chi connectivity index (χ4n) is 2.29. The number of aryl methyl sites for hydroxylation is 1. The smallest absolute Gasteiger partial charge is 0.264 e. The van der Waals surface area contributed by atoms with Crippen LogP contribution in [0.3, 0.4) is 0 Å². The van der Waals surface area contributed by atoms with Crippen molar-refractivity contribution in [1.29, 1.82) is 0 Å². The lowest BCUT2D eigenvalue weighted by Crippen LogP contribution is -2.18. The van der Waals surface area contributed by atoms with Gasteiger partial charge >= 0.3 is 0 Å². The Morgan fingerprint density at radius 3 is 2.62 bits per heavy atom. The number of rotatable bonds is 3. The molecule has 8 heteroatoms. The summed E-state index contributed by atoms with van der Waals surface area (Å²) in [5, 5.41) is 10.4. The van der Waals surface area contributed by atoms with Crippen molar-refractivity contribution >= 4 is 35.7 Å². The second-order valence-electron chi connectivity index (χ2n) is 5.52. The number of aromatic nitrogens is 2. The van der Waals surface area contributed by atoms with Gasteiger partial charge in [-0.05, 0) is 49.5 Å². The Kier molecular flexibility index (Phi) is 5.01. The molecule has 26 heavy (non-hydrogen) atoms. The van der Waals surface area contributed by atoms with Crippen molar-refractivity contribution in [2.24, 2.45) is 4.99 Å². The van der Waals surface area contributed by atoms with Crippen molar-refractivity contribution in [1.82, 2.24) is 9.55 Å². The predicted octanol–water partition coefficient (Wildman–Crippen LogP) is 4.45. The van der Waals surface area contributed by atoms with Crippen LogP contribution in [0, 0.1) is 17.5 Å². The molecule has 0 bridgehead atoms. The average Bonchev–Trinajstić information content (AvgIpc) is 2.59. The van der Waals surface area contributed by atoms with E-state index in [9.17, 15) is 14.3 Å². The van der Waals surface area contributed by atoms with E-state index < -0.39 is 17.3 Å². The van der Waals surface area contributed by atoms with Crippen LogP contribution < -0.4 is 5.56 Å². The van der Waals surface area contributed by atoms with E-state index in [4.69, 9.17) is 23.8 Å². The van der Waals surface area contributed by atoms with E-state index in [1.807, 2.05) is 19.1 Å². The highest BCUT2D eigenvalue weighted by Gasteiger charge is 2.13. The molecule has 5 nitrogen and oxygen atoms in total. The minimum absolute atomic E-state index is 0.0531. The average molecular weight is 390 g/mol. The minimum atomic E-state index is -0.605. The van der Waals surface area contributed by atoms with Gasteiger partial charge < -0.3 is 5.11 Å². The van der Waals surface area contributed by atoms with Gasteiger partial charge in [0.05, 0.1) is 16.4 Å². The van der Waals surface area contributed by atoms with Crippen LogP contribution in [0.15, 0.2) is 52.3 Å². The minimum Gasteiger partial charge on any atom is -0.494 e. The summed E-state index contributed by atoms with van der Waals surface area (Å²) in [5.74, 6) is -1.02. The first-order chi connectivity index (χ1) is 12.4. The largest absolute Gasteiger partial charge is 0.494 e. The molecule has 0 radical (unpaired) electrons. The Balaban J connectivity index is 2.12. The third-order valence-corrected chi connectivity index (χ3v) is 4.23. The maximum absolute atomic E-state index is 13.4. The monoisotopic (exact) mass is 389 g/mol. The van der Waals surface area contributed by atoms with Gasteiger partial charge in [0.25, 0.3) is 5.56 Å². The third kappa shape index (κ3) is 3.58. The zero-order valence-corrected chi connectivity index (χ0v) is 15.1. The number of hydrogen-bond donors (Lipinski definition) is 2. The van der Waals surface area contributed by atoms with Gasteiger partial charge in [-0.3, -0.25) is 19.3 Å². The van der Waals surface area contributed by atoms with Crippen LogP contribution in [0.2, 0.25) is 5.02 Å². The third-order valence-electron chi connectivity index (χ3n) is 3.66. The lowest BCUT2D eigenvalue weighted by molar-refractivity contribution is 0.432. The molecule has 0 saturated heterocycles. The molecule has 0 aliphatic carbocycles. The molecule has 0 aliphatic heterocycles. The van der Waals surface area contributed by atoms with Crippen molar-refractivity contribution in [3.05, 3.63) is 79.6 Å². The molecule has 0 unspecified atom stereocenters. The van der Waals surface area contributed by atoms with Gasteiger partial charge in [-0.25, -0.2) is 4.39 Å². The number of aromatic amines is 1. The van der Waals surface area contributed by atoms with E-state index in [1.54, 1.807) is 12.1 Å². The molecule has 1 heterocycles. The number of H-pyrrole nitrogens is 1. The lowest BCUT2D eigenvalue weighted by atomic mass is 10.2. The van der Waals surface area contributed by atoms with Gasteiger partial charge in [-0.1, -0.05) is 29.3 Å². The predicted molar refractivity (Wildman–Crippen MR) is 102 cm³/mol. The molecule has 0 atom stereocenters. The van der Waals surface area contributed by atoms with Crippen molar-refractivity contribution in [3.8, 4) is 11.6 Å². The highest BCUT2D eigenvalue weighted by atomic mass is 35.5. The molecule has 3 aromatic rings. The van der Waals surface area contributed by atoms with Crippen LogP contribution in [0.4, 0.5) is 10.1 Å². The molecular formula is C18H13ClFN3O2S. The zero-order valence-electron chi connectivity index (χ0n) is 13.5. The molecule has 0 aliphatic rings. The van der Waals surface area contributed by atoms with Gasteiger partial charge in [-0.2, -0.15) is 0 Å². The first kappa shape index (κ1) is 18.0. The van der Waals surface area contributed by atoms with Gasteiger partial charge in [0.2, 0.25) is 5.88 Å². The number of aromatic hydroxyl groups is 1. The van der Waals surface area contributed by atoms with Gasteiger partial charge in [0, 0.05) is 6.21 Å². The number of nitrogens with one attached hydrogen (secondary N) is 1. The van der Waals surface area contributed by atoms with Gasteiger partial charge in [0.15, 0.2) is 4.77 Å². The van der Waals surface area contributed by atoms with Crippen molar-refractivity contribution in [2.75, 3.05) is 0 Å². The number of hydrogen-bond acceptors (Lipinski definition) is 4. The SMILES string of the molecule is Cc1ccc(N=Cc2c(O)n(-c3ccc(F)c(Cl)c3)c(=S)[nH]c2=O)cc1. The van der Waals surface area contributed by atoms with E-state index in [0.717, 1.165) is 11.6 Å². The lowest BCUT2D eigenvalue weighted by Gasteiger charge is -2.11. The molecule has 0 fully saturated rings.